The molecular weight excluding hydrogens is 280 g/mol. The van der Waals surface area contributed by atoms with Gasteiger partial charge in [-0.1, -0.05) is 0 Å². The predicted octanol–water partition coefficient (Wildman–Crippen LogP) is 2.99. The molecular formula is C11H8ClF2N3O2. The molecule has 0 spiro atoms. The summed E-state index contributed by atoms with van der Waals surface area (Å²) in [7, 11) is 0. The van der Waals surface area contributed by atoms with Crippen LogP contribution in [0.5, 0.6) is 17.8 Å². The summed E-state index contributed by atoms with van der Waals surface area (Å²) in [6.45, 7) is 2.08. The van der Waals surface area contributed by atoms with Crippen molar-refractivity contribution in [3.8, 4) is 17.8 Å². The van der Waals surface area contributed by atoms with Crippen molar-refractivity contribution in [2.45, 2.75) is 6.92 Å². The molecule has 0 atom stereocenters. The Kier molecular flexibility index (Phi) is 4.06. The van der Waals surface area contributed by atoms with E-state index in [9.17, 15) is 8.78 Å². The van der Waals surface area contributed by atoms with Gasteiger partial charge >= 0.3 is 12.0 Å². The molecule has 0 unspecified atom stereocenters. The van der Waals surface area contributed by atoms with Crippen LogP contribution in [0.15, 0.2) is 18.2 Å². The highest BCUT2D eigenvalue weighted by atomic mass is 35.5. The Hall–Kier alpha value is -2.02. The van der Waals surface area contributed by atoms with Crippen LogP contribution in [-0.4, -0.2) is 21.6 Å². The molecule has 1 aromatic carbocycles. The SMILES string of the molecule is CCOc1nc(Cl)nc(Oc2ccc(F)c(F)c2)n1. The molecule has 0 saturated heterocycles. The third-order valence-electron chi connectivity index (χ3n) is 1.94. The van der Waals surface area contributed by atoms with Gasteiger partial charge in [0.05, 0.1) is 6.61 Å². The number of hydrogen-bond acceptors (Lipinski definition) is 5. The van der Waals surface area contributed by atoms with E-state index in [0.29, 0.717) is 6.61 Å². The van der Waals surface area contributed by atoms with Gasteiger partial charge in [0.2, 0.25) is 5.28 Å². The summed E-state index contributed by atoms with van der Waals surface area (Å²) >= 11 is 5.65. The van der Waals surface area contributed by atoms with Gasteiger partial charge in [-0.2, -0.15) is 9.97 Å². The van der Waals surface area contributed by atoms with Gasteiger partial charge in [0.25, 0.3) is 0 Å². The molecule has 0 amide bonds. The minimum absolute atomic E-state index is 0.0138. The monoisotopic (exact) mass is 287 g/mol. The first kappa shape index (κ1) is 13.4. The first-order valence-corrected chi connectivity index (χ1v) is 5.63. The first-order chi connectivity index (χ1) is 9.08. The van der Waals surface area contributed by atoms with E-state index in [1.807, 2.05) is 0 Å². The lowest BCUT2D eigenvalue weighted by atomic mass is 10.3. The summed E-state index contributed by atoms with van der Waals surface area (Å²) < 4.78 is 36.0. The van der Waals surface area contributed by atoms with E-state index in [0.717, 1.165) is 12.1 Å². The highest BCUT2D eigenvalue weighted by Crippen LogP contribution is 2.22. The third kappa shape index (κ3) is 3.47. The smallest absolute Gasteiger partial charge is 0.329 e. The molecule has 0 N–H and O–H groups in total. The van der Waals surface area contributed by atoms with E-state index in [1.54, 1.807) is 6.92 Å². The highest BCUT2D eigenvalue weighted by molar-refractivity contribution is 6.28. The zero-order valence-electron chi connectivity index (χ0n) is 9.73. The van der Waals surface area contributed by atoms with Crippen molar-refractivity contribution in [3.63, 3.8) is 0 Å². The quantitative estimate of drug-likeness (QED) is 0.865. The number of benzene rings is 1. The zero-order valence-corrected chi connectivity index (χ0v) is 10.5. The van der Waals surface area contributed by atoms with E-state index >= 15 is 0 Å². The Bertz CT molecular complexity index is 598. The van der Waals surface area contributed by atoms with Crippen molar-refractivity contribution in [2.24, 2.45) is 0 Å². The van der Waals surface area contributed by atoms with Crippen molar-refractivity contribution in [1.29, 1.82) is 0 Å². The van der Waals surface area contributed by atoms with E-state index in [-0.39, 0.29) is 23.1 Å². The van der Waals surface area contributed by atoms with Crippen molar-refractivity contribution in [1.82, 2.24) is 15.0 Å². The standard InChI is InChI=1S/C11H8ClF2N3O2/c1-2-18-10-15-9(12)16-11(17-10)19-6-3-4-7(13)8(14)5-6/h3-5H,2H2,1H3. The molecule has 0 saturated carbocycles. The average molecular weight is 288 g/mol. The molecule has 1 aromatic heterocycles. The summed E-state index contributed by atoms with van der Waals surface area (Å²) in [5.74, 6) is -1.98. The number of rotatable bonds is 4. The van der Waals surface area contributed by atoms with Gasteiger partial charge in [-0.15, -0.1) is 4.98 Å². The maximum Gasteiger partial charge on any atom is 0.329 e. The maximum absolute atomic E-state index is 13.0. The molecule has 0 aliphatic rings. The minimum atomic E-state index is -1.04. The second-order valence-corrected chi connectivity index (χ2v) is 3.62. The fourth-order valence-electron chi connectivity index (χ4n) is 1.20. The minimum Gasteiger partial charge on any atom is -0.464 e. The van der Waals surface area contributed by atoms with Crippen LogP contribution in [0.1, 0.15) is 6.92 Å². The van der Waals surface area contributed by atoms with Crippen molar-refractivity contribution in [2.75, 3.05) is 6.61 Å². The Morgan fingerprint density at radius 2 is 1.84 bits per heavy atom. The van der Waals surface area contributed by atoms with E-state index in [2.05, 4.69) is 15.0 Å². The lowest BCUT2D eigenvalue weighted by molar-refractivity contribution is 0.303. The van der Waals surface area contributed by atoms with Crippen LogP contribution in [0.2, 0.25) is 5.28 Å². The number of ether oxygens (including phenoxy) is 2. The number of hydrogen-bond donors (Lipinski definition) is 0. The van der Waals surface area contributed by atoms with E-state index in [4.69, 9.17) is 21.1 Å². The lowest BCUT2D eigenvalue weighted by Gasteiger charge is -2.06. The highest BCUT2D eigenvalue weighted by Gasteiger charge is 2.09. The van der Waals surface area contributed by atoms with Gasteiger partial charge in [0.15, 0.2) is 11.6 Å². The van der Waals surface area contributed by atoms with Crippen LogP contribution in [0, 0.1) is 11.6 Å². The topological polar surface area (TPSA) is 57.1 Å². The summed E-state index contributed by atoms with van der Waals surface area (Å²) in [6.07, 6.45) is 0. The van der Waals surface area contributed by atoms with Crippen LogP contribution in [0.25, 0.3) is 0 Å². The van der Waals surface area contributed by atoms with Gasteiger partial charge in [0.1, 0.15) is 5.75 Å². The number of nitrogens with zero attached hydrogens (tertiary/aromatic N) is 3. The Morgan fingerprint density at radius 3 is 2.53 bits per heavy atom. The predicted molar refractivity (Wildman–Crippen MR) is 62.4 cm³/mol. The molecule has 0 bridgehead atoms. The lowest BCUT2D eigenvalue weighted by Crippen LogP contribution is -2.01. The number of halogens is 3. The van der Waals surface area contributed by atoms with Crippen LogP contribution in [-0.2, 0) is 0 Å². The zero-order chi connectivity index (χ0) is 13.8. The van der Waals surface area contributed by atoms with E-state index in [1.165, 1.54) is 6.07 Å². The molecule has 2 aromatic rings. The molecule has 0 radical (unpaired) electrons. The Labute approximate surface area is 112 Å². The molecule has 0 aliphatic carbocycles. The second kappa shape index (κ2) is 5.75. The summed E-state index contributed by atoms with van der Waals surface area (Å²) in [6, 6.07) is 2.84. The molecule has 8 heteroatoms. The molecule has 0 aliphatic heterocycles. The van der Waals surface area contributed by atoms with Gasteiger partial charge in [-0.3, -0.25) is 0 Å². The summed E-state index contributed by atoms with van der Waals surface area (Å²) in [5, 5.41) is -0.129. The molecule has 19 heavy (non-hydrogen) atoms. The Morgan fingerprint density at radius 1 is 1.11 bits per heavy atom. The molecule has 100 valence electrons. The first-order valence-electron chi connectivity index (χ1n) is 5.25. The van der Waals surface area contributed by atoms with Gasteiger partial charge in [-0.05, 0) is 30.7 Å². The van der Waals surface area contributed by atoms with Crippen LogP contribution in [0.4, 0.5) is 8.78 Å². The Balaban J connectivity index is 2.24. The number of aromatic nitrogens is 3. The maximum atomic E-state index is 13.0. The molecule has 1 heterocycles. The van der Waals surface area contributed by atoms with Gasteiger partial charge in [-0.25, -0.2) is 8.78 Å². The molecule has 2 rings (SSSR count). The summed E-state index contributed by atoms with van der Waals surface area (Å²) in [4.78, 5) is 11.2. The second-order valence-electron chi connectivity index (χ2n) is 3.28. The van der Waals surface area contributed by atoms with Crippen molar-refractivity contribution >= 4 is 11.6 Å². The van der Waals surface area contributed by atoms with Crippen LogP contribution in [0.3, 0.4) is 0 Å². The normalized spacial score (nSPS) is 10.3. The molecule has 0 fully saturated rings. The van der Waals surface area contributed by atoms with Crippen molar-refractivity contribution < 1.29 is 18.3 Å². The van der Waals surface area contributed by atoms with Gasteiger partial charge in [0, 0.05) is 6.07 Å². The largest absolute Gasteiger partial charge is 0.464 e. The average Bonchev–Trinajstić information content (AvgIpc) is 2.33. The molecule has 5 nitrogen and oxygen atoms in total. The summed E-state index contributed by atoms with van der Waals surface area (Å²) in [5.41, 5.74) is 0. The van der Waals surface area contributed by atoms with Crippen LogP contribution >= 0.6 is 11.6 Å². The third-order valence-corrected chi connectivity index (χ3v) is 2.11. The van der Waals surface area contributed by atoms with Gasteiger partial charge < -0.3 is 9.47 Å². The van der Waals surface area contributed by atoms with Crippen LogP contribution < -0.4 is 9.47 Å². The fraction of sp³-hybridized carbons (Fsp3) is 0.182. The fourth-order valence-corrected chi connectivity index (χ4v) is 1.34. The van der Waals surface area contributed by atoms with E-state index < -0.39 is 11.6 Å². The van der Waals surface area contributed by atoms with Crippen molar-refractivity contribution in [3.05, 3.63) is 35.1 Å².